The summed E-state index contributed by atoms with van der Waals surface area (Å²) < 4.78 is 0. The molecule has 0 bridgehead atoms. The Bertz CT molecular complexity index is 392. The van der Waals surface area contributed by atoms with Gasteiger partial charge in [-0.05, 0) is 0 Å². The van der Waals surface area contributed by atoms with Crippen LogP contribution in [0.15, 0.2) is 0 Å². The fourth-order valence-corrected chi connectivity index (χ4v) is 1.17. The van der Waals surface area contributed by atoms with Gasteiger partial charge in [0.1, 0.15) is 0 Å². The van der Waals surface area contributed by atoms with Crippen LogP contribution >= 0.6 is 0 Å². The molecule has 0 radical (unpaired) electrons. The van der Waals surface area contributed by atoms with Crippen LogP contribution in [0.5, 0.6) is 0 Å². The summed E-state index contributed by atoms with van der Waals surface area (Å²) in [6.45, 7) is 0. The molecule has 0 fully saturated rings. The van der Waals surface area contributed by atoms with Crippen molar-refractivity contribution in [1.29, 1.82) is 31.6 Å². The molecule has 14 heavy (non-hydrogen) atoms. The van der Waals surface area contributed by atoms with Crippen molar-refractivity contribution in [2.24, 2.45) is 0 Å². The molecule has 0 aliphatic carbocycles. The summed E-state index contributed by atoms with van der Waals surface area (Å²) in [5, 5.41) is 51.5. The van der Waals surface area contributed by atoms with E-state index in [0.29, 0.717) is 0 Å². The average molecular weight is 267 g/mol. The molecule has 8 heteroatoms. The number of rotatable bonds is 0. The van der Waals surface area contributed by atoms with Gasteiger partial charge in [-0.3, -0.25) is 0 Å². The van der Waals surface area contributed by atoms with Gasteiger partial charge >= 0.3 is 89.2 Å². The summed E-state index contributed by atoms with van der Waals surface area (Å²) >= 11 is 0. The Hall–Kier alpha value is -2.02. The monoisotopic (exact) mass is 267 g/mol. The third-order valence-corrected chi connectivity index (χ3v) is 5.23. The number of nitriles is 6. The van der Waals surface area contributed by atoms with Gasteiger partial charge in [0.25, 0.3) is 0 Å². The quantitative estimate of drug-likeness (QED) is 0.569. The molecule has 0 aliphatic rings. The van der Waals surface area contributed by atoms with Crippen LogP contribution in [0.25, 0.3) is 0 Å². The first-order valence-electron chi connectivity index (χ1n) is 2.48. The molecule has 6 nitrogen and oxygen atoms in total. The van der Waals surface area contributed by atoms with E-state index in [4.69, 9.17) is 31.6 Å². The smallest absolute Gasteiger partial charge is 2.00 e. The van der Waals surface area contributed by atoms with Crippen LogP contribution in [0.2, 0.25) is 0 Å². The normalized spacial score (nSPS) is 12.4. The zero-order valence-electron chi connectivity index (χ0n) is 6.41. The topological polar surface area (TPSA) is 143 Å². The molecule has 69 valence electrons. The van der Waals surface area contributed by atoms with Gasteiger partial charge in [0.05, 0.1) is 0 Å². The molecule has 0 aliphatic heterocycles. The molecule has 0 heterocycles. The first-order chi connectivity index (χ1) is 5.97. The van der Waals surface area contributed by atoms with Crippen molar-refractivity contribution in [2.45, 2.75) is 0 Å². The third kappa shape index (κ3) is 1.03. The van der Waals surface area contributed by atoms with Crippen molar-refractivity contribution in [3.63, 3.8) is 0 Å². The molecule has 0 rings (SSSR count). The van der Waals surface area contributed by atoms with Gasteiger partial charge in [-0.25, -0.2) is 0 Å². The minimum absolute atomic E-state index is 0. The summed E-state index contributed by atoms with van der Waals surface area (Å²) in [5.74, 6) is 0. The predicted molar refractivity (Wildman–Crippen MR) is 33.7 cm³/mol. The molecule has 0 aromatic carbocycles. The average Bonchev–Trinajstić information content (AvgIpc) is 2.26. The van der Waals surface area contributed by atoms with Crippen molar-refractivity contribution in [1.82, 2.24) is 0 Å². The van der Waals surface area contributed by atoms with Crippen LogP contribution in [0.3, 0.4) is 0 Å². The van der Waals surface area contributed by atoms with Crippen molar-refractivity contribution in [2.75, 3.05) is 0 Å². The van der Waals surface area contributed by atoms with Gasteiger partial charge in [0, 0.05) is 0 Å². The van der Waals surface area contributed by atoms with E-state index in [0.717, 1.165) is 29.8 Å². The first kappa shape index (κ1) is 14.5. The minimum atomic E-state index is -6.30. The van der Waals surface area contributed by atoms with Crippen molar-refractivity contribution >= 4 is 0 Å². The molecule has 0 aromatic heterocycles. The summed E-state index contributed by atoms with van der Waals surface area (Å²) in [7, 11) is -6.30. The molecular formula is C6FeMnN6. The summed E-state index contributed by atoms with van der Waals surface area (Å²) in [5.41, 5.74) is 0. The fraction of sp³-hybridized carbons (Fsp3) is 0. The van der Waals surface area contributed by atoms with E-state index in [1.54, 1.807) is 0 Å². The largest absolute Gasteiger partial charge is 2.00 e. The molecule has 0 saturated carbocycles. The second-order valence-corrected chi connectivity index (χ2v) is 7.93. The Labute approximate surface area is 89.2 Å². The zero-order valence-corrected chi connectivity index (χ0v) is 8.70. The van der Waals surface area contributed by atoms with E-state index in [-0.39, 0.29) is 17.1 Å². The van der Waals surface area contributed by atoms with E-state index in [1.165, 1.54) is 0 Å². The van der Waals surface area contributed by atoms with Gasteiger partial charge in [0.15, 0.2) is 0 Å². The molecule has 0 atom stereocenters. The van der Waals surface area contributed by atoms with Gasteiger partial charge in [-0.2, -0.15) is 0 Å². The Kier molecular flexibility index (Phi) is 3.14. The van der Waals surface area contributed by atoms with Gasteiger partial charge in [0.2, 0.25) is 0 Å². The number of hydrogen-bond donors (Lipinski definition) is 0. The standard InChI is InChI=1S/6CN.Fe.Mn/c6*1-2;;/q;;;;;;+2;-2. The zero-order chi connectivity index (χ0) is 10.7. The third-order valence-electron chi connectivity index (χ3n) is 1.27. The Morgan fingerprint density at radius 3 is 0.643 bits per heavy atom. The second kappa shape index (κ2) is 3.04. The second-order valence-electron chi connectivity index (χ2n) is 1.92. The fourth-order valence-electron chi connectivity index (χ4n) is 0.283. The maximum Gasteiger partial charge on any atom is 2.00 e. The van der Waals surface area contributed by atoms with E-state index < -0.39 is 10.7 Å². The van der Waals surface area contributed by atoms with E-state index in [9.17, 15) is 0 Å². The van der Waals surface area contributed by atoms with Crippen molar-refractivity contribution in [3.8, 4) is 29.8 Å². The van der Waals surface area contributed by atoms with Crippen LogP contribution < -0.4 is 0 Å². The van der Waals surface area contributed by atoms with E-state index in [1.807, 2.05) is 0 Å². The van der Waals surface area contributed by atoms with Crippen molar-refractivity contribution < 1.29 is 27.8 Å². The maximum absolute atomic E-state index is 8.58. The SMILES string of the molecule is N#[C][Mn-2]([C]#N)([C]#N)([C]#N)([C]#N)[C]#N.[Fe+2]. The van der Waals surface area contributed by atoms with E-state index >= 15 is 0 Å². The summed E-state index contributed by atoms with van der Waals surface area (Å²) in [6, 6.07) is 0. The van der Waals surface area contributed by atoms with Crippen molar-refractivity contribution in [3.05, 3.63) is 0 Å². The van der Waals surface area contributed by atoms with Crippen LogP contribution in [0, 0.1) is 61.4 Å². The maximum atomic E-state index is 8.58. The molecule has 0 saturated heterocycles. The molecule has 0 unspecified atom stereocenters. The van der Waals surface area contributed by atoms with Gasteiger partial charge in [-0.1, -0.05) is 0 Å². The van der Waals surface area contributed by atoms with Crippen LogP contribution in [-0.4, -0.2) is 0 Å². The molecule has 0 N–H and O–H groups in total. The molecule has 0 aromatic rings. The van der Waals surface area contributed by atoms with E-state index in [2.05, 4.69) is 0 Å². The Morgan fingerprint density at radius 2 is 0.643 bits per heavy atom. The van der Waals surface area contributed by atoms with Crippen LogP contribution in [0.4, 0.5) is 0 Å². The molecule has 0 spiro atoms. The molecular weight excluding hydrogens is 267 g/mol. The van der Waals surface area contributed by atoms with Crippen LogP contribution in [-0.2, 0) is 27.8 Å². The van der Waals surface area contributed by atoms with Gasteiger partial charge < -0.3 is 0 Å². The van der Waals surface area contributed by atoms with Gasteiger partial charge in [-0.15, -0.1) is 0 Å². The van der Waals surface area contributed by atoms with Crippen LogP contribution in [0.1, 0.15) is 0 Å². The molecule has 0 amide bonds. The minimum Gasteiger partial charge on any atom is 2.00 e. The summed E-state index contributed by atoms with van der Waals surface area (Å²) in [4.78, 5) is 6.25. The first-order valence-corrected chi connectivity index (χ1v) is 6.02. The summed E-state index contributed by atoms with van der Waals surface area (Å²) in [6.07, 6.45) is 0. The Balaban J connectivity index is 0. The predicted octanol–water partition coefficient (Wildman–Crippen LogP) is 0.0957. The Morgan fingerprint density at radius 1 is 0.500 bits per heavy atom. The number of hydrogen-bond acceptors (Lipinski definition) is 6. The number of nitrogens with zero attached hydrogens (tertiary/aromatic N) is 6.